The maximum Gasteiger partial charge on any atom is 0.225 e. The molecular weight excluding hydrogens is 360 g/mol. The van der Waals surface area contributed by atoms with Crippen LogP contribution in [0, 0.1) is 0 Å². The summed E-state index contributed by atoms with van der Waals surface area (Å²) in [6.07, 6.45) is 0.923. The molecule has 0 radical (unpaired) electrons. The number of carbonyl (C=O) groups excluding carboxylic acids is 2. The molecule has 2 N–H and O–H groups in total. The fraction of sp³-hybridized carbons (Fsp3) is 0.333. The summed E-state index contributed by atoms with van der Waals surface area (Å²) in [4.78, 5) is 25.8. The lowest BCUT2D eigenvalue weighted by Gasteiger charge is -2.23. The molecule has 6 heteroatoms. The maximum absolute atomic E-state index is 12.3. The number of hydrogen-bond donors (Lipinski definition) is 2. The van der Waals surface area contributed by atoms with Gasteiger partial charge in [-0.25, -0.2) is 0 Å². The molecule has 0 aliphatic carbocycles. The van der Waals surface area contributed by atoms with E-state index in [4.69, 9.17) is 4.74 Å². The summed E-state index contributed by atoms with van der Waals surface area (Å²) in [6.45, 7) is 5.89. The van der Waals surface area contributed by atoms with E-state index in [1.54, 1.807) is 11.8 Å². The average molecular weight is 385 g/mol. The number of amides is 1. The SMILES string of the molecule is CC(C)(C)OC[C@@H](C=O)NC(=O)Cc1ccc2c(c1)Nc1ccccc1S2. The van der Waals surface area contributed by atoms with Crippen molar-refractivity contribution in [1.82, 2.24) is 5.32 Å². The normalized spacial score (nSPS) is 13.7. The van der Waals surface area contributed by atoms with Gasteiger partial charge in [0, 0.05) is 9.79 Å². The second-order valence-electron chi connectivity index (χ2n) is 7.46. The summed E-state index contributed by atoms with van der Waals surface area (Å²) >= 11 is 1.71. The lowest BCUT2D eigenvalue weighted by Crippen LogP contribution is -2.42. The van der Waals surface area contributed by atoms with Crippen molar-refractivity contribution < 1.29 is 14.3 Å². The Bertz CT molecular complexity index is 846. The number of benzene rings is 2. The Morgan fingerprint density at radius 2 is 1.93 bits per heavy atom. The van der Waals surface area contributed by atoms with Crippen LogP contribution in [0.5, 0.6) is 0 Å². The Balaban J connectivity index is 1.61. The lowest BCUT2D eigenvalue weighted by molar-refractivity contribution is -0.125. The molecule has 1 aliphatic rings. The standard InChI is InChI=1S/C21H24N2O3S/c1-21(2,3)26-13-15(12-24)22-20(25)11-14-8-9-19-17(10-14)23-16-6-4-5-7-18(16)27-19/h4-10,12,15,23H,11,13H2,1-3H3,(H,22,25)/t15-/m1/s1. The van der Waals surface area contributed by atoms with Gasteiger partial charge in [0.25, 0.3) is 0 Å². The number of anilines is 2. The van der Waals surface area contributed by atoms with Gasteiger partial charge in [0.1, 0.15) is 12.3 Å². The second kappa shape index (κ2) is 8.15. The van der Waals surface area contributed by atoms with Crippen LogP contribution in [0.25, 0.3) is 0 Å². The molecule has 0 fully saturated rings. The lowest BCUT2D eigenvalue weighted by atomic mass is 10.1. The van der Waals surface area contributed by atoms with Crippen LogP contribution in [0.2, 0.25) is 0 Å². The maximum atomic E-state index is 12.3. The quantitative estimate of drug-likeness (QED) is 0.630. The topological polar surface area (TPSA) is 67.4 Å². The van der Waals surface area contributed by atoms with E-state index >= 15 is 0 Å². The number of nitrogens with one attached hydrogen (secondary N) is 2. The van der Waals surface area contributed by atoms with E-state index in [1.807, 2.05) is 57.2 Å². The fourth-order valence-corrected chi connectivity index (χ4v) is 3.66. The van der Waals surface area contributed by atoms with Crippen LogP contribution < -0.4 is 10.6 Å². The van der Waals surface area contributed by atoms with Crippen LogP contribution >= 0.6 is 11.8 Å². The third kappa shape index (κ3) is 5.34. The Hall–Kier alpha value is -2.31. The number of aldehydes is 1. The Morgan fingerprint density at radius 1 is 1.19 bits per heavy atom. The molecule has 27 heavy (non-hydrogen) atoms. The van der Waals surface area contributed by atoms with Gasteiger partial charge in [-0.1, -0.05) is 30.0 Å². The first-order chi connectivity index (χ1) is 12.8. The van der Waals surface area contributed by atoms with Crippen molar-refractivity contribution in [3.8, 4) is 0 Å². The van der Waals surface area contributed by atoms with E-state index in [2.05, 4.69) is 16.7 Å². The van der Waals surface area contributed by atoms with E-state index in [0.29, 0.717) is 6.29 Å². The van der Waals surface area contributed by atoms with Crippen LogP contribution in [0.15, 0.2) is 52.3 Å². The third-order valence-electron chi connectivity index (χ3n) is 3.99. The predicted octanol–water partition coefficient (Wildman–Crippen LogP) is 3.94. The van der Waals surface area contributed by atoms with Crippen molar-refractivity contribution in [3.63, 3.8) is 0 Å². The number of carbonyl (C=O) groups is 2. The highest BCUT2D eigenvalue weighted by molar-refractivity contribution is 7.99. The van der Waals surface area contributed by atoms with E-state index < -0.39 is 6.04 Å². The van der Waals surface area contributed by atoms with Crippen LogP contribution in [0.4, 0.5) is 11.4 Å². The van der Waals surface area contributed by atoms with Crippen molar-refractivity contribution in [2.24, 2.45) is 0 Å². The fourth-order valence-electron chi connectivity index (χ4n) is 2.69. The Labute approximate surface area is 163 Å². The van der Waals surface area contributed by atoms with Gasteiger partial charge >= 0.3 is 0 Å². The summed E-state index contributed by atoms with van der Waals surface area (Å²) in [6, 6.07) is 13.4. The number of hydrogen-bond acceptors (Lipinski definition) is 5. The molecule has 0 saturated heterocycles. The molecular formula is C21H24N2O3S. The first-order valence-electron chi connectivity index (χ1n) is 8.89. The zero-order valence-electron chi connectivity index (χ0n) is 15.7. The summed E-state index contributed by atoms with van der Waals surface area (Å²) in [7, 11) is 0. The molecule has 1 atom stereocenters. The van der Waals surface area contributed by atoms with Crippen molar-refractivity contribution in [2.45, 2.75) is 48.6 Å². The van der Waals surface area contributed by atoms with Gasteiger partial charge < -0.3 is 20.2 Å². The molecule has 0 unspecified atom stereocenters. The van der Waals surface area contributed by atoms with E-state index in [9.17, 15) is 9.59 Å². The second-order valence-corrected chi connectivity index (χ2v) is 8.55. The van der Waals surface area contributed by atoms with Gasteiger partial charge in [-0.05, 0) is 50.6 Å². The predicted molar refractivity (Wildman–Crippen MR) is 108 cm³/mol. The molecule has 0 bridgehead atoms. The van der Waals surface area contributed by atoms with E-state index in [1.165, 1.54) is 4.90 Å². The van der Waals surface area contributed by atoms with Crippen LogP contribution in [0.1, 0.15) is 26.3 Å². The minimum atomic E-state index is -0.644. The number of ether oxygens (including phenoxy) is 1. The smallest absolute Gasteiger partial charge is 0.225 e. The highest BCUT2D eigenvalue weighted by Crippen LogP contribution is 2.44. The summed E-state index contributed by atoms with van der Waals surface area (Å²) in [5.74, 6) is -0.201. The number of fused-ring (bicyclic) bond motifs is 2. The molecule has 0 aromatic heterocycles. The number of rotatable bonds is 6. The summed E-state index contributed by atoms with van der Waals surface area (Å²) in [5, 5.41) is 6.14. The van der Waals surface area contributed by atoms with Crippen molar-refractivity contribution in [1.29, 1.82) is 0 Å². The van der Waals surface area contributed by atoms with Gasteiger partial charge in [0.2, 0.25) is 5.91 Å². The highest BCUT2D eigenvalue weighted by Gasteiger charge is 2.19. The average Bonchev–Trinajstić information content (AvgIpc) is 2.62. The Kier molecular flexibility index (Phi) is 5.87. The van der Waals surface area contributed by atoms with Gasteiger partial charge in [-0.2, -0.15) is 0 Å². The van der Waals surface area contributed by atoms with Crippen molar-refractivity contribution in [2.75, 3.05) is 11.9 Å². The zero-order chi connectivity index (χ0) is 19.4. The Morgan fingerprint density at radius 3 is 2.67 bits per heavy atom. The molecule has 3 rings (SSSR count). The third-order valence-corrected chi connectivity index (χ3v) is 5.14. The van der Waals surface area contributed by atoms with Gasteiger partial charge in [-0.15, -0.1) is 0 Å². The highest BCUT2D eigenvalue weighted by atomic mass is 32.2. The molecule has 1 heterocycles. The molecule has 142 valence electrons. The molecule has 2 aromatic rings. The summed E-state index contributed by atoms with van der Waals surface area (Å²) < 4.78 is 5.58. The van der Waals surface area contributed by atoms with E-state index in [-0.39, 0.29) is 24.5 Å². The molecule has 5 nitrogen and oxygen atoms in total. The molecule has 0 spiro atoms. The van der Waals surface area contributed by atoms with Crippen molar-refractivity contribution in [3.05, 3.63) is 48.0 Å². The monoisotopic (exact) mass is 384 g/mol. The molecule has 1 aliphatic heterocycles. The van der Waals surface area contributed by atoms with Gasteiger partial charge in [0.05, 0.1) is 30.0 Å². The van der Waals surface area contributed by atoms with Crippen molar-refractivity contribution >= 4 is 35.3 Å². The number of para-hydroxylation sites is 1. The molecule has 0 saturated carbocycles. The molecule has 2 aromatic carbocycles. The van der Waals surface area contributed by atoms with Gasteiger partial charge in [0.15, 0.2) is 0 Å². The van der Waals surface area contributed by atoms with Gasteiger partial charge in [-0.3, -0.25) is 4.79 Å². The van der Waals surface area contributed by atoms with Crippen LogP contribution in [0.3, 0.4) is 0 Å². The van der Waals surface area contributed by atoms with E-state index in [0.717, 1.165) is 21.8 Å². The van der Waals surface area contributed by atoms with Crippen LogP contribution in [-0.4, -0.2) is 30.4 Å². The summed E-state index contributed by atoms with van der Waals surface area (Å²) in [5.41, 5.74) is 2.59. The first-order valence-corrected chi connectivity index (χ1v) is 9.71. The minimum Gasteiger partial charge on any atom is -0.373 e. The zero-order valence-corrected chi connectivity index (χ0v) is 16.6. The first kappa shape index (κ1) is 19.5. The largest absolute Gasteiger partial charge is 0.373 e. The minimum absolute atomic E-state index is 0.165. The van der Waals surface area contributed by atoms with Crippen LogP contribution in [-0.2, 0) is 20.7 Å². The molecule has 1 amide bonds.